The molecule has 0 saturated heterocycles. The summed E-state index contributed by atoms with van der Waals surface area (Å²) >= 11 is 0. The third-order valence-corrected chi connectivity index (χ3v) is 7.43. The summed E-state index contributed by atoms with van der Waals surface area (Å²) in [5, 5.41) is 5.50. The first kappa shape index (κ1) is 24.4. The smallest absolute Gasteiger partial charge is 0.312 e. The highest BCUT2D eigenvalue weighted by Gasteiger charge is 2.24. The van der Waals surface area contributed by atoms with E-state index in [0.717, 1.165) is 29.7 Å². The average molecular weight is 493 g/mol. The van der Waals surface area contributed by atoms with E-state index in [0.29, 0.717) is 17.9 Å². The molecule has 1 atom stereocenters. The molecular weight excluding hydrogens is 464 g/mol. The van der Waals surface area contributed by atoms with Gasteiger partial charge in [-0.25, -0.2) is 17.9 Å². The van der Waals surface area contributed by atoms with Crippen LogP contribution in [0.4, 0.5) is 21.9 Å². The molecule has 0 aliphatic carbocycles. The van der Waals surface area contributed by atoms with E-state index in [4.69, 9.17) is 0 Å². The van der Waals surface area contributed by atoms with Gasteiger partial charge in [0.05, 0.1) is 4.90 Å². The van der Waals surface area contributed by atoms with Crippen molar-refractivity contribution >= 4 is 39.0 Å². The topological polar surface area (TPSA) is 108 Å². The zero-order valence-corrected chi connectivity index (χ0v) is 20.4. The van der Waals surface area contributed by atoms with Gasteiger partial charge < -0.3 is 15.5 Å². The SMILES string of the molecule is CC(=O)N1CCCc2cc(S(=O)(=O)NC(C)c3ccc(NC(=O)Nc4ccccc4)cc3)ccc21. The first-order valence-corrected chi connectivity index (χ1v) is 12.9. The first-order valence-electron chi connectivity index (χ1n) is 11.4. The van der Waals surface area contributed by atoms with Crippen LogP contribution in [0.15, 0.2) is 77.7 Å². The van der Waals surface area contributed by atoms with E-state index in [-0.39, 0.29) is 16.8 Å². The second-order valence-electron chi connectivity index (χ2n) is 8.47. The highest BCUT2D eigenvalue weighted by atomic mass is 32.2. The Kier molecular flexibility index (Phi) is 7.18. The van der Waals surface area contributed by atoms with E-state index in [1.807, 2.05) is 18.2 Å². The number of sulfonamides is 1. The van der Waals surface area contributed by atoms with Crippen molar-refractivity contribution in [3.05, 3.63) is 83.9 Å². The summed E-state index contributed by atoms with van der Waals surface area (Å²) < 4.78 is 28.8. The number of hydrogen-bond donors (Lipinski definition) is 3. The third-order valence-electron chi connectivity index (χ3n) is 5.89. The fraction of sp³-hybridized carbons (Fsp3) is 0.231. The number of hydrogen-bond acceptors (Lipinski definition) is 4. The summed E-state index contributed by atoms with van der Waals surface area (Å²) in [6.07, 6.45) is 1.52. The molecule has 1 aliphatic heterocycles. The molecule has 0 radical (unpaired) electrons. The van der Waals surface area contributed by atoms with E-state index < -0.39 is 16.1 Å². The number of nitrogens with one attached hydrogen (secondary N) is 3. The van der Waals surface area contributed by atoms with Crippen molar-refractivity contribution in [3.63, 3.8) is 0 Å². The quantitative estimate of drug-likeness (QED) is 0.465. The summed E-state index contributed by atoms with van der Waals surface area (Å²) in [5.41, 5.74) is 3.65. The number of urea groups is 1. The second-order valence-corrected chi connectivity index (χ2v) is 10.2. The zero-order chi connectivity index (χ0) is 25.0. The van der Waals surface area contributed by atoms with Gasteiger partial charge in [0.1, 0.15) is 0 Å². The predicted octanol–water partition coefficient (Wildman–Crippen LogP) is 4.67. The molecule has 9 heteroatoms. The van der Waals surface area contributed by atoms with Crippen molar-refractivity contribution in [2.45, 2.75) is 37.6 Å². The minimum Gasteiger partial charge on any atom is -0.312 e. The van der Waals surface area contributed by atoms with Crippen LogP contribution in [0.25, 0.3) is 0 Å². The molecule has 0 aromatic heterocycles. The standard InChI is InChI=1S/C26H28N4O4S/c1-18(20-10-12-23(13-11-20)28-26(32)27-22-8-4-3-5-9-22)29-35(33,34)24-14-15-25-21(17-24)7-6-16-30(25)19(2)31/h3-5,8-15,17-18,29H,6-7,16H2,1-2H3,(H2,27,28,32). The van der Waals surface area contributed by atoms with Crippen LogP contribution in [-0.2, 0) is 21.2 Å². The number of nitrogens with zero attached hydrogens (tertiary/aromatic N) is 1. The van der Waals surface area contributed by atoms with Gasteiger partial charge in [-0.3, -0.25) is 4.79 Å². The van der Waals surface area contributed by atoms with Crippen LogP contribution in [0.3, 0.4) is 0 Å². The van der Waals surface area contributed by atoms with Crippen molar-refractivity contribution in [3.8, 4) is 0 Å². The maximum Gasteiger partial charge on any atom is 0.323 e. The van der Waals surface area contributed by atoms with Crippen LogP contribution in [0.1, 0.15) is 37.4 Å². The summed E-state index contributed by atoms with van der Waals surface area (Å²) in [6.45, 7) is 3.92. The Bertz CT molecular complexity index is 1330. The van der Waals surface area contributed by atoms with Gasteiger partial charge in [0.2, 0.25) is 15.9 Å². The van der Waals surface area contributed by atoms with Gasteiger partial charge in [-0.05, 0) is 73.4 Å². The summed E-state index contributed by atoms with van der Waals surface area (Å²) in [5.74, 6) is -0.0520. The fourth-order valence-electron chi connectivity index (χ4n) is 4.11. The zero-order valence-electron chi connectivity index (χ0n) is 19.6. The lowest BCUT2D eigenvalue weighted by Crippen LogP contribution is -2.34. The lowest BCUT2D eigenvalue weighted by Gasteiger charge is -2.29. The molecule has 3 aromatic rings. The van der Waals surface area contributed by atoms with Crippen LogP contribution >= 0.6 is 0 Å². The molecule has 182 valence electrons. The maximum absolute atomic E-state index is 13.0. The molecule has 4 rings (SSSR count). The number of amides is 3. The Morgan fingerprint density at radius 1 is 0.914 bits per heavy atom. The molecule has 0 saturated carbocycles. The van der Waals surface area contributed by atoms with Crippen molar-refractivity contribution in [1.82, 2.24) is 4.72 Å². The summed E-state index contributed by atoms with van der Waals surface area (Å²) in [4.78, 5) is 25.9. The molecule has 1 unspecified atom stereocenters. The maximum atomic E-state index is 13.0. The summed E-state index contributed by atoms with van der Waals surface area (Å²) in [7, 11) is -3.78. The van der Waals surface area contributed by atoms with Crippen LogP contribution in [0.2, 0.25) is 0 Å². The Morgan fingerprint density at radius 3 is 2.23 bits per heavy atom. The van der Waals surface area contributed by atoms with Gasteiger partial charge in [-0.1, -0.05) is 30.3 Å². The predicted molar refractivity (Wildman–Crippen MR) is 137 cm³/mol. The Morgan fingerprint density at radius 2 is 1.57 bits per heavy atom. The Balaban J connectivity index is 1.41. The Labute approximate surface area is 205 Å². The van der Waals surface area contributed by atoms with Crippen LogP contribution in [-0.4, -0.2) is 26.9 Å². The van der Waals surface area contributed by atoms with Crippen LogP contribution in [0.5, 0.6) is 0 Å². The highest BCUT2D eigenvalue weighted by molar-refractivity contribution is 7.89. The van der Waals surface area contributed by atoms with E-state index >= 15 is 0 Å². The first-order chi connectivity index (χ1) is 16.7. The van der Waals surface area contributed by atoms with Crippen molar-refractivity contribution in [2.24, 2.45) is 0 Å². The third kappa shape index (κ3) is 5.87. The number of aryl methyl sites for hydroxylation is 1. The molecule has 0 spiro atoms. The molecule has 0 fully saturated rings. The largest absolute Gasteiger partial charge is 0.323 e. The molecule has 3 aromatic carbocycles. The van der Waals surface area contributed by atoms with Gasteiger partial charge >= 0.3 is 6.03 Å². The number of carbonyl (C=O) groups is 2. The molecular formula is C26H28N4O4S. The minimum absolute atomic E-state index is 0.0520. The van der Waals surface area contributed by atoms with Crippen LogP contribution in [0, 0.1) is 0 Å². The van der Waals surface area contributed by atoms with E-state index in [2.05, 4.69) is 15.4 Å². The molecule has 3 amide bonds. The van der Waals surface area contributed by atoms with Crippen LogP contribution < -0.4 is 20.3 Å². The normalized spacial score (nSPS) is 14.1. The van der Waals surface area contributed by atoms with E-state index in [1.54, 1.807) is 60.4 Å². The number of benzene rings is 3. The molecule has 8 nitrogen and oxygen atoms in total. The minimum atomic E-state index is -3.78. The van der Waals surface area contributed by atoms with E-state index in [1.165, 1.54) is 13.0 Å². The van der Waals surface area contributed by atoms with Gasteiger partial charge in [-0.2, -0.15) is 0 Å². The van der Waals surface area contributed by atoms with Crippen molar-refractivity contribution in [2.75, 3.05) is 22.1 Å². The number of carbonyl (C=O) groups excluding carboxylic acids is 2. The lowest BCUT2D eigenvalue weighted by molar-refractivity contribution is -0.116. The molecule has 0 bridgehead atoms. The number of para-hydroxylation sites is 1. The molecule has 1 aliphatic rings. The van der Waals surface area contributed by atoms with E-state index in [9.17, 15) is 18.0 Å². The van der Waals surface area contributed by atoms with Gasteiger partial charge in [0.25, 0.3) is 0 Å². The molecule has 35 heavy (non-hydrogen) atoms. The van der Waals surface area contributed by atoms with Crippen molar-refractivity contribution in [1.29, 1.82) is 0 Å². The molecule has 3 N–H and O–H groups in total. The number of fused-ring (bicyclic) bond motifs is 1. The monoisotopic (exact) mass is 492 g/mol. The number of anilines is 3. The second kappa shape index (κ2) is 10.3. The Hall–Kier alpha value is -3.69. The molecule has 1 heterocycles. The lowest BCUT2D eigenvalue weighted by atomic mass is 10.0. The van der Waals surface area contributed by atoms with Gasteiger partial charge in [-0.15, -0.1) is 0 Å². The highest BCUT2D eigenvalue weighted by Crippen LogP contribution is 2.30. The van der Waals surface area contributed by atoms with Gasteiger partial charge in [0.15, 0.2) is 0 Å². The summed E-state index contributed by atoms with van der Waals surface area (Å²) in [6, 6.07) is 20.1. The average Bonchev–Trinajstić information content (AvgIpc) is 2.84. The number of rotatable bonds is 6. The van der Waals surface area contributed by atoms with Crippen molar-refractivity contribution < 1.29 is 18.0 Å². The fourth-order valence-corrected chi connectivity index (χ4v) is 5.39. The van der Waals surface area contributed by atoms with Gasteiger partial charge in [0, 0.05) is 36.6 Å².